The van der Waals surface area contributed by atoms with Gasteiger partial charge in [-0.3, -0.25) is 0 Å². The van der Waals surface area contributed by atoms with Crippen molar-refractivity contribution in [1.29, 1.82) is 0 Å². The minimum atomic E-state index is -0.539. The van der Waals surface area contributed by atoms with Gasteiger partial charge in [-0.15, -0.1) is 11.6 Å². The van der Waals surface area contributed by atoms with Crippen LogP contribution in [0.3, 0.4) is 0 Å². The molecule has 4 rings (SSSR count). The molecule has 0 atom stereocenters. The van der Waals surface area contributed by atoms with Gasteiger partial charge in [0.2, 0.25) is 0 Å². The van der Waals surface area contributed by atoms with Crippen molar-refractivity contribution in [3.05, 3.63) is 70.8 Å². The summed E-state index contributed by atoms with van der Waals surface area (Å²) >= 11 is 5.58. The molecular weight excluding hydrogens is 448 g/mol. The highest BCUT2D eigenvalue weighted by atomic mass is 35.5. The predicted octanol–water partition coefficient (Wildman–Crippen LogP) is 8.03. The van der Waals surface area contributed by atoms with Crippen LogP contribution in [0.1, 0.15) is 86.5 Å². The summed E-state index contributed by atoms with van der Waals surface area (Å²) in [6.07, 6.45) is 10.9. The molecule has 0 unspecified atom stereocenters. The third-order valence-electron chi connectivity index (χ3n) is 6.14. The van der Waals surface area contributed by atoms with Crippen LogP contribution in [-0.2, 0) is 22.0 Å². The molecule has 0 bridgehead atoms. The second-order valence-corrected chi connectivity index (χ2v) is 9.58. The lowest BCUT2D eigenvalue weighted by atomic mass is 9.98. The molecule has 0 amide bonds. The number of aliphatic hydroxyl groups is 1. The summed E-state index contributed by atoms with van der Waals surface area (Å²) in [6, 6.07) is 16.2. The first kappa shape index (κ1) is 28.2. The summed E-state index contributed by atoms with van der Waals surface area (Å²) in [7, 11) is 0. The van der Waals surface area contributed by atoms with Gasteiger partial charge >= 0.3 is 6.16 Å². The van der Waals surface area contributed by atoms with Crippen LogP contribution in [-0.4, -0.2) is 23.5 Å². The third-order valence-corrected chi connectivity index (χ3v) is 6.45. The van der Waals surface area contributed by atoms with Crippen LogP contribution < -0.4 is 0 Å². The van der Waals surface area contributed by atoms with Crippen molar-refractivity contribution < 1.29 is 19.4 Å². The summed E-state index contributed by atoms with van der Waals surface area (Å²) in [5.74, 6) is 0.611. The number of ether oxygens (including phenoxy) is 2. The van der Waals surface area contributed by atoms with Crippen molar-refractivity contribution in [3.8, 4) is 0 Å². The molecule has 34 heavy (non-hydrogen) atoms. The first-order valence-electron chi connectivity index (χ1n) is 12.6. The second kappa shape index (κ2) is 16.6. The zero-order valence-electron chi connectivity index (χ0n) is 20.8. The Bertz CT molecular complexity index is 792. The van der Waals surface area contributed by atoms with Crippen LogP contribution in [0, 0.1) is 13.8 Å². The van der Waals surface area contributed by atoms with Crippen LogP contribution in [0.2, 0.25) is 0 Å². The van der Waals surface area contributed by atoms with E-state index in [0.29, 0.717) is 5.88 Å². The Morgan fingerprint density at radius 1 is 0.794 bits per heavy atom. The first-order chi connectivity index (χ1) is 16.5. The molecule has 2 saturated carbocycles. The minimum absolute atomic E-state index is 0.0359. The molecule has 0 aliphatic heterocycles. The number of alkyl halides is 1. The van der Waals surface area contributed by atoms with Gasteiger partial charge in [-0.05, 0) is 63.5 Å². The van der Waals surface area contributed by atoms with Gasteiger partial charge in [-0.1, -0.05) is 85.3 Å². The van der Waals surface area contributed by atoms with E-state index in [9.17, 15) is 4.79 Å². The Morgan fingerprint density at radius 3 is 1.71 bits per heavy atom. The molecule has 0 spiro atoms. The standard InChI is InChI=1S/C15H20O3.C8H9Cl.C6H12O/c1-12-7-9-13(10-8-12)11-17-15(16)18-14-5-3-2-4-6-14;1-7-2-4-8(6-9)5-3-7;7-6-4-2-1-3-5-6/h7-10,14H,2-6,11H2,1H3;2-5H,6H2,1H3;6-7H,1-5H2. The zero-order valence-corrected chi connectivity index (χ0v) is 21.6. The van der Waals surface area contributed by atoms with Crippen molar-refractivity contribution in [1.82, 2.24) is 0 Å². The van der Waals surface area contributed by atoms with Crippen molar-refractivity contribution in [3.63, 3.8) is 0 Å². The molecule has 4 nitrogen and oxygen atoms in total. The number of hydrogen-bond donors (Lipinski definition) is 1. The van der Waals surface area contributed by atoms with Crippen LogP contribution in [0.5, 0.6) is 0 Å². The Balaban J connectivity index is 0.000000211. The smallest absolute Gasteiger partial charge is 0.431 e. The van der Waals surface area contributed by atoms with Crippen molar-refractivity contribution >= 4 is 17.8 Å². The van der Waals surface area contributed by atoms with Gasteiger partial charge in [0, 0.05) is 5.88 Å². The van der Waals surface area contributed by atoms with Crippen molar-refractivity contribution in [2.45, 2.75) is 103 Å². The molecule has 188 valence electrons. The fourth-order valence-electron chi connectivity index (χ4n) is 3.94. The molecule has 2 aromatic carbocycles. The Morgan fingerprint density at radius 2 is 1.26 bits per heavy atom. The lowest BCUT2D eigenvalue weighted by Crippen LogP contribution is -2.21. The fourth-order valence-corrected chi connectivity index (χ4v) is 4.12. The third kappa shape index (κ3) is 12.4. The summed E-state index contributed by atoms with van der Waals surface area (Å²) < 4.78 is 10.4. The molecule has 0 saturated heterocycles. The van der Waals surface area contributed by atoms with Crippen LogP contribution in [0.15, 0.2) is 48.5 Å². The monoisotopic (exact) mass is 488 g/mol. The van der Waals surface area contributed by atoms with E-state index in [-0.39, 0.29) is 18.8 Å². The van der Waals surface area contributed by atoms with Gasteiger partial charge in [0.1, 0.15) is 12.7 Å². The van der Waals surface area contributed by atoms with Crippen molar-refractivity contribution in [2.24, 2.45) is 0 Å². The Labute approximate surface area is 210 Å². The van der Waals surface area contributed by atoms with Gasteiger partial charge < -0.3 is 14.6 Å². The van der Waals surface area contributed by atoms with E-state index >= 15 is 0 Å². The maximum atomic E-state index is 11.5. The lowest BCUT2D eigenvalue weighted by molar-refractivity contribution is 0.00731. The van der Waals surface area contributed by atoms with Crippen LogP contribution in [0.25, 0.3) is 0 Å². The quantitative estimate of drug-likeness (QED) is 0.349. The van der Waals surface area contributed by atoms with E-state index in [4.69, 9.17) is 26.2 Å². The van der Waals surface area contributed by atoms with Gasteiger partial charge in [-0.2, -0.15) is 0 Å². The first-order valence-corrected chi connectivity index (χ1v) is 13.2. The molecule has 2 aliphatic rings. The molecule has 2 aliphatic carbocycles. The van der Waals surface area contributed by atoms with E-state index in [1.165, 1.54) is 42.4 Å². The van der Waals surface area contributed by atoms with E-state index in [0.717, 1.165) is 44.1 Å². The largest absolute Gasteiger partial charge is 0.508 e. The summed E-state index contributed by atoms with van der Waals surface area (Å²) in [4.78, 5) is 11.5. The maximum Gasteiger partial charge on any atom is 0.508 e. The minimum Gasteiger partial charge on any atom is -0.431 e. The number of hydrogen-bond acceptors (Lipinski definition) is 4. The Kier molecular flexibility index (Phi) is 13.7. The highest BCUT2D eigenvalue weighted by Crippen LogP contribution is 2.21. The Hall–Kier alpha value is -2.04. The molecule has 0 aromatic heterocycles. The van der Waals surface area contributed by atoms with Crippen LogP contribution in [0.4, 0.5) is 4.79 Å². The number of aryl methyl sites for hydroxylation is 2. The van der Waals surface area contributed by atoms with Gasteiger partial charge in [0.05, 0.1) is 6.10 Å². The molecule has 5 heteroatoms. The number of halogens is 1. The van der Waals surface area contributed by atoms with E-state index in [1.807, 2.05) is 43.3 Å². The molecular formula is C29H41ClO4. The SMILES string of the molecule is Cc1ccc(CCl)cc1.Cc1ccc(COC(=O)OC2CCCCC2)cc1.OC1CCCCC1. The topological polar surface area (TPSA) is 55.8 Å². The number of carbonyl (C=O) groups excluding carboxylic acids is 1. The van der Waals surface area contributed by atoms with Crippen LogP contribution >= 0.6 is 11.6 Å². The summed E-state index contributed by atoms with van der Waals surface area (Å²) in [5, 5.41) is 8.91. The maximum absolute atomic E-state index is 11.5. The van der Waals surface area contributed by atoms with E-state index in [1.54, 1.807) is 0 Å². The molecule has 2 aromatic rings. The lowest BCUT2D eigenvalue weighted by Gasteiger charge is -2.21. The van der Waals surface area contributed by atoms with E-state index in [2.05, 4.69) is 19.1 Å². The average molecular weight is 489 g/mol. The fraction of sp³-hybridized carbons (Fsp3) is 0.552. The van der Waals surface area contributed by atoms with Gasteiger partial charge in [0.25, 0.3) is 0 Å². The molecule has 0 radical (unpaired) electrons. The number of rotatable bonds is 4. The molecule has 1 N–H and O–H groups in total. The molecule has 2 fully saturated rings. The normalized spacial score (nSPS) is 16.4. The van der Waals surface area contributed by atoms with Gasteiger partial charge in [-0.25, -0.2) is 4.79 Å². The predicted molar refractivity (Wildman–Crippen MR) is 139 cm³/mol. The molecule has 0 heterocycles. The summed E-state index contributed by atoms with van der Waals surface area (Å²) in [5.41, 5.74) is 4.65. The number of aliphatic hydroxyl groups excluding tert-OH is 1. The summed E-state index contributed by atoms with van der Waals surface area (Å²) in [6.45, 7) is 4.38. The van der Waals surface area contributed by atoms with Crippen molar-refractivity contribution in [2.75, 3.05) is 0 Å². The number of benzene rings is 2. The zero-order chi connectivity index (χ0) is 24.6. The van der Waals surface area contributed by atoms with Gasteiger partial charge in [0.15, 0.2) is 0 Å². The number of carbonyl (C=O) groups is 1. The van der Waals surface area contributed by atoms with E-state index < -0.39 is 6.16 Å². The average Bonchev–Trinajstić information content (AvgIpc) is 2.86. The second-order valence-electron chi connectivity index (χ2n) is 9.31. The highest BCUT2D eigenvalue weighted by molar-refractivity contribution is 6.17. The highest BCUT2D eigenvalue weighted by Gasteiger charge is 2.18.